The Morgan fingerprint density at radius 1 is 1.17 bits per heavy atom. The van der Waals surface area contributed by atoms with Gasteiger partial charge in [0.15, 0.2) is 0 Å². The maximum absolute atomic E-state index is 12.4. The third-order valence-corrected chi connectivity index (χ3v) is 4.50. The van der Waals surface area contributed by atoms with Crippen molar-refractivity contribution in [1.82, 2.24) is 19.7 Å². The predicted octanol–water partition coefficient (Wildman–Crippen LogP) is 6.41. The number of anilines is 2. The van der Waals surface area contributed by atoms with Crippen molar-refractivity contribution >= 4 is 11.8 Å². The van der Waals surface area contributed by atoms with Crippen LogP contribution in [0.15, 0.2) is 60.1 Å². The van der Waals surface area contributed by atoms with E-state index in [0.29, 0.717) is 0 Å². The van der Waals surface area contributed by atoms with Crippen LogP contribution in [0.1, 0.15) is 60.2 Å². The summed E-state index contributed by atoms with van der Waals surface area (Å²) in [7, 11) is 1.98. The van der Waals surface area contributed by atoms with Crippen LogP contribution in [0.5, 0.6) is 0 Å². The molecule has 0 aliphatic carbocycles. The third kappa shape index (κ3) is 8.02. The first-order chi connectivity index (χ1) is 13.7. The molecular weight excluding hydrogens is 365 g/mol. The van der Waals surface area contributed by atoms with Gasteiger partial charge in [-0.05, 0) is 45.4 Å². The maximum Gasteiger partial charge on any atom is 0.229 e. The van der Waals surface area contributed by atoms with Crippen LogP contribution in [-0.2, 0) is 12.5 Å². The lowest BCUT2D eigenvalue weighted by molar-refractivity contribution is 0.430. The molecule has 0 saturated heterocycles. The highest BCUT2D eigenvalue weighted by Gasteiger charge is 2.26. The molecule has 0 aliphatic rings. The van der Waals surface area contributed by atoms with Gasteiger partial charge in [-0.2, -0.15) is 0 Å². The minimum atomic E-state index is -0.193. The van der Waals surface area contributed by atoms with Gasteiger partial charge in [-0.25, -0.2) is 9.37 Å². The van der Waals surface area contributed by atoms with E-state index in [2.05, 4.69) is 41.3 Å². The van der Waals surface area contributed by atoms with E-state index in [1.165, 1.54) is 12.2 Å². The molecule has 1 N–H and O–H groups in total. The molecule has 158 valence electrons. The first kappa shape index (κ1) is 24.3. The predicted molar refractivity (Wildman–Crippen MR) is 120 cm³/mol. The van der Waals surface area contributed by atoms with Crippen molar-refractivity contribution in [3.8, 4) is 0 Å². The Labute approximate surface area is 174 Å². The molecule has 2 aromatic heterocycles. The SMILES string of the molecule is CCCC(C)(C)c1nnc(Nc2ccccn2)n1C.C\C=C(C)/C=C\C(F)=C/C. The van der Waals surface area contributed by atoms with Gasteiger partial charge in [0, 0.05) is 18.7 Å². The Bertz CT molecular complexity index is 812. The number of pyridine rings is 1. The second-order valence-electron chi connectivity index (χ2n) is 7.42. The molecule has 0 atom stereocenters. The fraction of sp³-hybridized carbons (Fsp3) is 0.435. The highest BCUT2D eigenvalue weighted by Crippen LogP contribution is 2.28. The van der Waals surface area contributed by atoms with Crippen molar-refractivity contribution in [3.05, 3.63) is 65.9 Å². The van der Waals surface area contributed by atoms with Gasteiger partial charge in [-0.1, -0.05) is 57.1 Å². The third-order valence-electron chi connectivity index (χ3n) is 4.50. The summed E-state index contributed by atoms with van der Waals surface area (Å²) in [6.07, 6.45) is 10.5. The van der Waals surface area contributed by atoms with Crippen LogP contribution in [0.3, 0.4) is 0 Å². The molecule has 0 unspecified atom stereocenters. The summed E-state index contributed by atoms with van der Waals surface area (Å²) in [4.78, 5) is 4.23. The summed E-state index contributed by atoms with van der Waals surface area (Å²) in [5.41, 5.74) is 1.09. The monoisotopic (exact) mass is 399 g/mol. The van der Waals surface area contributed by atoms with Gasteiger partial charge < -0.3 is 5.32 Å². The molecule has 6 heteroatoms. The van der Waals surface area contributed by atoms with Crippen molar-refractivity contribution < 1.29 is 4.39 Å². The van der Waals surface area contributed by atoms with Crippen LogP contribution in [0.2, 0.25) is 0 Å². The zero-order chi connectivity index (χ0) is 21.9. The number of halogens is 1. The average Bonchev–Trinajstić information content (AvgIpc) is 3.08. The van der Waals surface area contributed by atoms with Gasteiger partial charge in [0.2, 0.25) is 5.95 Å². The molecule has 0 aromatic carbocycles. The number of hydrogen-bond acceptors (Lipinski definition) is 4. The molecule has 0 fully saturated rings. The van der Waals surface area contributed by atoms with Gasteiger partial charge in [0.25, 0.3) is 0 Å². The molecule has 0 bridgehead atoms. The second-order valence-corrected chi connectivity index (χ2v) is 7.42. The topological polar surface area (TPSA) is 55.6 Å². The van der Waals surface area contributed by atoms with E-state index in [1.807, 2.05) is 49.7 Å². The van der Waals surface area contributed by atoms with Crippen LogP contribution in [0.25, 0.3) is 0 Å². The number of aromatic nitrogens is 4. The normalized spacial score (nSPS) is 12.7. The van der Waals surface area contributed by atoms with E-state index in [4.69, 9.17) is 0 Å². The first-order valence-corrected chi connectivity index (χ1v) is 9.95. The fourth-order valence-electron chi connectivity index (χ4n) is 2.72. The Morgan fingerprint density at radius 3 is 2.45 bits per heavy atom. The molecule has 2 heterocycles. The molecule has 29 heavy (non-hydrogen) atoms. The van der Waals surface area contributed by atoms with E-state index < -0.39 is 0 Å². The second kappa shape index (κ2) is 11.9. The van der Waals surface area contributed by atoms with E-state index in [0.717, 1.165) is 36.0 Å². The Hall–Kier alpha value is -2.76. The quantitative estimate of drug-likeness (QED) is 0.546. The lowest BCUT2D eigenvalue weighted by Gasteiger charge is -2.22. The molecule has 2 rings (SSSR count). The number of nitrogens with one attached hydrogen (secondary N) is 1. The van der Waals surface area contributed by atoms with Gasteiger partial charge in [0.1, 0.15) is 17.5 Å². The first-order valence-electron chi connectivity index (χ1n) is 9.95. The molecule has 0 radical (unpaired) electrons. The lowest BCUT2D eigenvalue weighted by Crippen LogP contribution is -2.22. The Morgan fingerprint density at radius 2 is 1.90 bits per heavy atom. The minimum absolute atomic E-state index is 0.0283. The summed E-state index contributed by atoms with van der Waals surface area (Å²) < 4.78 is 14.4. The number of rotatable bonds is 7. The van der Waals surface area contributed by atoms with Crippen LogP contribution in [-0.4, -0.2) is 19.7 Å². The summed E-state index contributed by atoms with van der Waals surface area (Å²) in [6, 6.07) is 5.73. The summed E-state index contributed by atoms with van der Waals surface area (Å²) in [6.45, 7) is 12.1. The maximum atomic E-state index is 12.4. The van der Waals surface area contributed by atoms with E-state index in [-0.39, 0.29) is 11.2 Å². The highest BCUT2D eigenvalue weighted by atomic mass is 19.1. The highest BCUT2D eigenvalue weighted by molar-refractivity contribution is 5.47. The van der Waals surface area contributed by atoms with Gasteiger partial charge >= 0.3 is 0 Å². The van der Waals surface area contributed by atoms with Crippen LogP contribution < -0.4 is 5.32 Å². The van der Waals surface area contributed by atoms with Crippen molar-refractivity contribution in [1.29, 1.82) is 0 Å². The van der Waals surface area contributed by atoms with E-state index in [9.17, 15) is 4.39 Å². The zero-order valence-corrected chi connectivity index (χ0v) is 18.7. The van der Waals surface area contributed by atoms with Crippen molar-refractivity contribution in [3.63, 3.8) is 0 Å². The van der Waals surface area contributed by atoms with Gasteiger partial charge in [-0.15, -0.1) is 10.2 Å². The van der Waals surface area contributed by atoms with Crippen LogP contribution in [0, 0.1) is 0 Å². The molecular formula is C23H34FN5. The van der Waals surface area contributed by atoms with Crippen LogP contribution in [0.4, 0.5) is 16.2 Å². The minimum Gasteiger partial charge on any atom is -0.309 e. The van der Waals surface area contributed by atoms with Crippen molar-refractivity contribution in [2.24, 2.45) is 7.05 Å². The lowest BCUT2D eigenvalue weighted by atomic mass is 9.87. The smallest absolute Gasteiger partial charge is 0.229 e. The zero-order valence-electron chi connectivity index (χ0n) is 18.7. The number of nitrogens with zero attached hydrogens (tertiary/aromatic N) is 4. The van der Waals surface area contributed by atoms with E-state index in [1.54, 1.807) is 19.2 Å². The van der Waals surface area contributed by atoms with Gasteiger partial charge in [0.05, 0.1) is 0 Å². The number of hydrogen-bond donors (Lipinski definition) is 1. The molecule has 0 spiro atoms. The van der Waals surface area contributed by atoms with Crippen LogP contribution >= 0.6 is 0 Å². The van der Waals surface area contributed by atoms with E-state index >= 15 is 0 Å². The molecule has 0 saturated carbocycles. The van der Waals surface area contributed by atoms with Crippen molar-refractivity contribution in [2.45, 2.75) is 59.8 Å². The average molecular weight is 400 g/mol. The van der Waals surface area contributed by atoms with Gasteiger partial charge in [-0.3, -0.25) is 4.57 Å². The fourth-order valence-corrected chi connectivity index (χ4v) is 2.72. The summed E-state index contributed by atoms with van der Waals surface area (Å²) in [5, 5.41) is 11.7. The molecule has 0 amide bonds. The largest absolute Gasteiger partial charge is 0.309 e. The molecule has 2 aromatic rings. The standard InChI is InChI=1S/C14H21N5.C9H13F/c1-5-9-14(2,3)12-17-18-13(19(12)4)16-11-8-6-7-10-15-11;1-4-8(3)6-7-9(10)5-2/h6-8,10H,5,9H2,1-4H3,(H,15,16,18);4-7H,1-3H3/b;7-6-,8-4-,9-5+. The molecule has 0 aliphatic heterocycles. The summed E-state index contributed by atoms with van der Waals surface area (Å²) in [5.74, 6) is 2.30. The summed E-state index contributed by atoms with van der Waals surface area (Å²) >= 11 is 0. The Kier molecular flexibility index (Phi) is 10.00. The molecule has 5 nitrogen and oxygen atoms in total. The number of allylic oxidation sites excluding steroid dienone is 6. The van der Waals surface area contributed by atoms with Crippen molar-refractivity contribution in [2.75, 3.05) is 5.32 Å². The Balaban J connectivity index is 0.000000359.